The first kappa shape index (κ1) is 20.0. The van der Waals surface area contributed by atoms with Gasteiger partial charge in [0.1, 0.15) is 5.67 Å². The number of piperidine rings is 1. The second kappa shape index (κ2) is 7.54. The number of likely N-dealkylation sites (tertiary alicyclic amines) is 1. The summed E-state index contributed by atoms with van der Waals surface area (Å²) in [7, 11) is -3.34. The van der Waals surface area contributed by atoms with Crippen molar-refractivity contribution in [3.8, 4) is 11.1 Å². The number of amides is 1. The van der Waals surface area contributed by atoms with Crippen molar-refractivity contribution in [1.82, 2.24) is 9.62 Å². The van der Waals surface area contributed by atoms with Gasteiger partial charge in [-0.15, -0.1) is 0 Å². The fourth-order valence-corrected chi connectivity index (χ4v) is 5.13. The monoisotopic (exact) mass is 416 g/mol. The summed E-state index contributed by atoms with van der Waals surface area (Å²) in [6.45, 7) is 0.826. The van der Waals surface area contributed by atoms with Crippen LogP contribution in [0.25, 0.3) is 11.1 Å². The molecule has 0 aromatic heterocycles. The van der Waals surface area contributed by atoms with Crippen LogP contribution >= 0.6 is 0 Å². The molecule has 29 heavy (non-hydrogen) atoms. The summed E-state index contributed by atoms with van der Waals surface area (Å²) in [4.78, 5) is 14.6. The highest BCUT2D eigenvalue weighted by Gasteiger charge is 2.62. The molecule has 1 aliphatic heterocycles. The number of carbonyl (C=O) groups excluding carboxylic acids is 1. The number of hydrogen-bond acceptors (Lipinski definition) is 3. The lowest BCUT2D eigenvalue weighted by atomic mass is 9.94. The van der Waals surface area contributed by atoms with Crippen LogP contribution in [0.4, 0.5) is 4.39 Å². The van der Waals surface area contributed by atoms with Crippen molar-refractivity contribution in [2.24, 2.45) is 5.92 Å². The highest BCUT2D eigenvalue weighted by molar-refractivity contribution is 7.88. The lowest BCUT2D eigenvalue weighted by Gasteiger charge is -2.33. The van der Waals surface area contributed by atoms with Gasteiger partial charge in [0.15, 0.2) is 0 Å². The fraction of sp³-hybridized carbons (Fsp3) is 0.409. The van der Waals surface area contributed by atoms with Gasteiger partial charge in [0.25, 0.3) is 0 Å². The second-order valence-corrected chi connectivity index (χ2v) is 9.82. The molecule has 5 nitrogen and oxygen atoms in total. The maximum atomic E-state index is 15.9. The third kappa shape index (κ3) is 4.21. The summed E-state index contributed by atoms with van der Waals surface area (Å²) < 4.78 is 41.4. The first-order valence-corrected chi connectivity index (χ1v) is 11.8. The van der Waals surface area contributed by atoms with E-state index in [9.17, 15) is 13.2 Å². The molecule has 1 heterocycles. The number of carbonyl (C=O) groups is 1. The summed E-state index contributed by atoms with van der Waals surface area (Å²) >= 11 is 0. The Balaban J connectivity index is 1.53. The summed E-state index contributed by atoms with van der Waals surface area (Å²) in [5, 5.41) is 0. The Bertz CT molecular complexity index is 1010. The Morgan fingerprint density at radius 1 is 1.14 bits per heavy atom. The Morgan fingerprint density at radius 2 is 1.83 bits per heavy atom. The van der Waals surface area contributed by atoms with E-state index in [1.165, 1.54) is 0 Å². The maximum absolute atomic E-state index is 15.9. The number of hydrogen-bond donors (Lipinski definition) is 1. The minimum atomic E-state index is -3.34. The normalized spacial score (nSPS) is 26.9. The van der Waals surface area contributed by atoms with Crippen LogP contribution in [0.3, 0.4) is 0 Å². The Morgan fingerprint density at radius 3 is 2.55 bits per heavy atom. The molecule has 0 spiro atoms. The van der Waals surface area contributed by atoms with Crippen molar-refractivity contribution in [3.63, 3.8) is 0 Å². The molecule has 1 N–H and O–H groups in total. The zero-order chi connectivity index (χ0) is 20.6. The van der Waals surface area contributed by atoms with E-state index in [4.69, 9.17) is 0 Å². The number of benzene rings is 2. The average Bonchev–Trinajstić information content (AvgIpc) is 3.40. The highest BCUT2D eigenvalue weighted by Crippen LogP contribution is 2.58. The second-order valence-electron chi connectivity index (χ2n) is 8.04. The van der Waals surface area contributed by atoms with Gasteiger partial charge in [-0.05, 0) is 29.5 Å². The largest absolute Gasteiger partial charge is 0.341 e. The third-order valence-corrected chi connectivity index (χ3v) is 6.53. The van der Waals surface area contributed by atoms with E-state index in [2.05, 4.69) is 4.72 Å². The fourth-order valence-electron chi connectivity index (χ4n) is 4.33. The minimum Gasteiger partial charge on any atom is -0.341 e. The zero-order valence-corrected chi connectivity index (χ0v) is 17.2. The van der Waals surface area contributed by atoms with E-state index < -0.39 is 21.6 Å². The molecule has 1 saturated carbocycles. The average molecular weight is 417 g/mol. The van der Waals surface area contributed by atoms with Gasteiger partial charge in [-0.2, -0.15) is 0 Å². The minimum absolute atomic E-state index is 0.163. The van der Waals surface area contributed by atoms with Crippen molar-refractivity contribution < 1.29 is 17.6 Å². The van der Waals surface area contributed by atoms with Crippen molar-refractivity contribution >= 4 is 15.9 Å². The smallest absolute Gasteiger partial charge is 0.229 e. The van der Waals surface area contributed by atoms with Crippen LogP contribution < -0.4 is 4.72 Å². The van der Waals surface area contributed by atoms with Gasteiger partial charge >= 0.3 is 0 Å². The van der Waals surface area contributed by atoms with Gasteiger partial charge in [0.05, 0.1) is 12.2 Å². The van der Waals surface area contributed by atoms with Crippen LogP contribution in [0.1, 0.15) is 24.8 Å². The molecular weight excluding hydrogens is 391 g/mol. The van der Waals surface area contributed by atoms with Crippen molar-refractivity contribution in [2.45, 2.75) is 31.0 Å². The van der Waals surface area contributed by atoms with Gasteiger partial charge in [0, 0.05) is 25.6 Å². The predicted molar refractivity (Wildman–Crippen MR) is 110 cm³/mol. The van der Waals surface area contributed by atoms with E-state index in [-0.39, 0.29) is 18.4 Å². The quantitative estimate of drug-likeness (QED) is 0.815. The molecule has 2 aromatic carbocycles. The molecule has 0 bridgehead atoms. The van der Waals surface area contributed by atoms with Gasteiger partial charge in [0.2, 0.25) is 15.9 Å². The van der Waals surface area contributed by atoms with E-state index in [1.807, 2.05) is 42.5 Å². The highest BCUT2D eigenvalue weighted by atomic mass is 32.2. The Hall–Kier alpha value is -2.25. The van der Waals surface area contributed by atoms with Crippen molar-refractivity contribution in [2.75, 3.05) is 19.3 Å². The van der Waals surface area contributed by atoms with Crippen LogP contribution in [0, 0.1) is 5.92 Å². The number of sulfonamides is 1. The molecule has 0 radical (unpaired) electrons. The molecule has 4 rings (SSSR count). The van der Waals surface area contributed by atoms with E-state index in [1.54, 1.807) is 17.0 Å². The summed E-state index contributed by atoms with van der Waals surface area (Å²) in [6, 6.07) is 16.6. The number of alkyl halides is 1. The first-order valence-electron chi connectivity index (χ1n) is 9.88. The van der Waals surface area contributed by atoms with E-state index in [0.29, 0.717) is 31.5 Å². The SMILES string of the molecule is CS(=O)(=O)NC1CCCN(C(=O)C2CC2(F)c2ccccc2-c2ccccc2)C1. The molecule has 2 aliphatic rings. The molecule has 7 heteroatoms. The number of rotatable bonds is 5. The summed E-state index contributed by atoms with van der Waals surface area (Å²) in [5.41, 5.74) is 0.600. The summed E-state index contributed by atoms with van der Waals surface area (Å²) in [5.74, 6) is -0.945. The third-order valence-electron chi connectivity index (χ3n) is 5.76. The molecule has 1 saturated heterocycles. The van der Waals surface area contributed by atoms with E-state index in [0.717, 1.165) is 17.4 Å². The molecule has 1 aliphatic carbocycles. The van der Waals surface area contributed by atoms with Gasteiger partial charge < -0.3 is 4.90 Å². The lowest BCUT2D eigenvalue weighted by Crippen LogP contribution is -2.50. The molecule has 154 valence electrons. The van der Waals surface area contributed by atoms with Crippen LogP contribution in [0.2, 0.25) is 0 Å². The molecule has 1 amide bonds. The zero-order valence-electron chi connectivity index (χ0n) is 16.3. The lowest BCUT2D eigenvalue weighted by molar-refractivity contribution is -0.135. The number of halogens is 1. The standard InChI is InChI=1S/C22H25FN2O3S/c1-29(27,28)24-17-10-7-13-25(15-17)21(26)20-14-22(20,23)19-12-6-5-11-18(19)16-8-3-2-4-9-16/h2-6,8-9,11-12,17,20,24H,7,10,13-15H2,1H3. The van der Waals surface area contributed by atoms with Crippen LogP contribution in [-0.4, -0.2) is 44.6 Å². The predicted octanol–water partition coefficient (Wildman–Crippen LogP) is 3.08. The van der Waals surface area contributed by atoms with Crippen LogP contribution in [0.5, 0.6) is 0 Å². The number of nitrogens with one attached hydrogen (secondary N) is 1. The summed E-state index contributed by atoms with van der Waals surface area (Å²) in [6.07, 6.45) is 2.66. The van der Waals surface area contributed by atoms with Gasteiger partial charge in [-0.3, -0.25) is 4.79 Å². The van der Waals surface area contributed by atoms with E-state index >= 15 is 4.39 Å². The topological polar surface area (TPSA) is 66.5 Å². The molecule has 2 fully saturated rings. The number of nitrogens with zero attached hydrogens (tertiary/aromatic N) is 1. The Kier molecular flexibility index (Phi) is 5.21. The van der Waals surface area contributed by atoms with Gasteiger partial charge in [-0.1, -0.05) is 54.6 Å². The Labute approximate surface area is 171 Å². The molecular formula is C22H25FN2O3S. The van der Waals surface area contributed by atoms with Crippen molar-refractivity contribution in [1.29, 1.82) is 0 Å². The maximum Gasteiger partial charge on any atom is 0.229 e. The van der Waals surface area contributed by atoms with Crippen molar-refractivity contribution in [3.05, 3.63) is 60.2 Å². The first-order chi connectivity index (χ1) is 13.8. The van der Waals surface area contributed by atoms with Crippen LogP contribution in [0.15, 0.2) is 54.6 Å². The van der Waals surface area contributed by atoms with Crippen LogP contribution in [-0.2, 0) is 20.5 Å². The molecule has 3 atom stereocenters. The molecule has 2 aromatic rings. The molecule has 3 unspecified atom stereocenters. The van der Waals surface area contributed by atoms with Gasteiger partial charge in [-0.25, -0.2) is 17.5 Å².